The van der Waals surface area contributed by atoms with Gasteiger partial charge in [-0.25, -0.2) is 0 Å². The monoisotopic (exact) mass is 231 g/mol. The van der Waals surface area contributed by atoms with E-state index in [2.05, 4.69) is 6.92 Å². The molecule has 3 heteroatoms. The number of unbranched alkanes of at least 4 members (excludes halogenated alkanes) is 1. The van der Waals surface area contributed by atoms with Gasteiger partial charge in [-0.1, -0.05) is 45.4 Å². The molecule has 0 aromatic carbocycles. The predicted octanol–water partition coefficient (Wildman–Crippen LogP) is 4.52. The Bertz CT molecular complexity index is 176. The number of hydrogen-bond donors (Lipinski definition) is 0. The first-order valence-electron chi connectivity index (χ1n) is 6.40. The Morgan fingerprint density at radius 2 is 2.00 bits per heavy atom. The van der Waals surface area contributed by atoms with Crippen LogP contribution in [0, 0.1) is 5.92 Å². The van der Waals surface area contributed by atoms with Gasteiger partial charge in [0.05, 0.1) is 0 Å². The average Bonchev–Trinajstić information content (AvgIpc) is 2.28. The number of hydrogen-bond acceptors (Lipinski definition) is 2. The molecule has 0 heterocycles. The maximum Gasteiger partial charge on any atom is 0.508 e. The van der Waals surface area contributed by atoms with E-state index in [1.165, 1.54) is 32.1 Å². The second-order valence-corrected chi connectivity index (χ2v) is 5.91. The molecule has 0 N–H and O–H groups in total. The van der Waals surface area contributed by atoms with Crippen molar-refractivity contribution in [1.82, 2.24) is 0 Å². The summed E-state index contributed by atoms with van der Waals surface area (Å²) < 4.78 is 16.8. The van der Waals surface area contributed by atoms with Gasteiger partial charge in [-0.3, -0.25) is 0 Å². The van der Waals surface area contributed by atoms with E-state index in [1.54, 1.807) is 0 Å². The van der Waals surface area contributed by atoms with Crippen LogP contribution in [0.3, 0.4) is 0 Å². The predicted molar refractivity (Wildman–Crippen MR) is 64.5 cm³/mol. The van der Waals surface area contributed by atoms with Gasteiger partial charge in [0.2, 0.25) is 0 Å². The molecular weight excluding hydrogens is 207 g/mol. The first-order chi connectivity index (χ1) is 7.33. The van der Waals surface area contributed by atoms with Crippen LogP contribution in [0.4, 0.5) is 0 Å². The van der Waals surface area contributed by atoms with Crippen LogP contribution in [0.15, 0.2) is 0 Å². The van der Waals surface area contributed by atoms with E-state index in [1.807, 2.05) is 0 Å². The summed E-state index contributed by atoms with van der Waals surface area (Å²) in [5.41, 5.74) is 0. The van der Waals surface area contributed by atoms with E-state index in [0.717, 1.165) is 31.3 Å². The molecule has 0 aromatic rings. The fourth-order valence-electron chi connectivity index (χ4n) is 2.14. The van der Waals surface area contributed by atoms with Crippen molar-refractivity contribution in [2.24, 2.45) is 5.92 Å². The van der Waals surface area contributed by atoms with E-state index >= 15 is 0 Å². The van der Waals surface area contributed by atoms with Crippen LogP contribution in [0.2, 0.25) is 0 Å². The molecule has 1 unspecified atom stereocenters. The minimum Gasteiger partial charge on any atom is -0.146 e. The summed E-state index contributed by atoms with van der Waals surface area (Å²) in [6, 6.07) is 0. The zero-order chi connectivity index (χ0) is 10.9. The van der Waals surface area contributed by atoms with Crippen molar-refractivity contribution in [3.63, 3.8) is 0 Å². The van der Waals surface area contributed by atoms with E-state index in [4.69, 9.17) is 4.52 Å². The molecule has 1 aliphatic carbocycles. The molecule has 0 bridgehead atoms. The largest absolute Gasteiger partial charge is 0.508 e. The molecule has 0 aromatic heterocycles. The minimum atomic E-state index is -1.37. The second kappa shape index (κ2) is 8.24. The SMILES string of the molecule is CCCCO[P+](=O)CCC1CCCCC1. The summed E-state index contributed by atoms with van der Waals surface area (Å²) in [5.74, 6) is 0.826. The third kappa shape index (κ3) is 6.27. The third-order valence-corrected chi connectivity index (χ3v) is 4.27. The van der Waals surface area contributed by atoms with E-state index in [-0.39, 0.29) is 0 Å². The lowest BCUT2D eigenvalue weighted by Gasteiger charge is -2.19. The van der Waals surface area contributed by atoms with Gasteiger partial charge in [-0.2, -0.15) is 0 Å². The quantitative estimate of drug-likeness (QED) is 0.475. The first kappa shape index (κ1) is 13.1. The van der Waals surface area contributed by atoms with Gasteiger partial charge < -0.3 is 0 Å². The fraction of sp³-hybridized carbons (Fsp3) is 1.00. The van der Waals surface area contributed by atoms with Crippen molar-refractivity contribution in [1.29, 1.82) is 0 Å². The lowest BCUT2D eigenvalue weighted by molar-refractivity contribution is 0.311. The van der Waals surface area contributed by atoms with E-state index < -0.39 is 8.03 Å². The van der Waals surface area contributed by atoms with Gasteiger partial charge in [-0.15, -0.1) is 4.52 Å². The highest BCUT2D eigenvalue weighted by atomic mass is 31.1. The second-order valence-electron chi connectivity index (χ2n) is 4.54. The Kier molecular flexibility index (Phi) is 7.21. The molecule has 1 rings (SSSR count). The lowest BCUT2D eigenvalue weighted by atomic mass is 9.88. The summed E-state index contributed by atoms with van der Waals surface area (Å²) in [6.07, 6.45) is 10.9. The van der Waals surface area contributed by atoms with Crippen LogP contribution < -0.4 is 0 Å². The minimum absolute atomic E-state index is 0.677. The lowest BCUT2D eigenvalue weighted by Crippen LogP contribution is -2.07. The molecule has 2 nitrogen and oxygen atoms in total. The Labute approximate surface area is 94.7 Å². The molecule has 15 heavy (non-hydrogen) atoms. The highest BCUT2D eigenvalue weighted by Gasteiger charge is 2.21. The average molecular weight is 231 g/mol. The van der Waals surface area contributed by atoms with Crippen LogP contribution in [0.1, 0.15) is 58.3 Å². The van der Waals surface area contributed by atoms with Crippen LogP contribution in [0.25, 0.3) is 0 Å². The van der Waals surface area contributed by atoms with E-state index in [9.17, 15) is 4.57 Å². The maximum atomic E-state index is 11.5. The van der Waals surface area contributed by atoms with Crippen LogP contribution >= 0.6 is 8.03 Å². The normalized spacial score (nSPS) is 19.1. The third-order valence-electron chi connectivity index (χ3n) is 3.18. The highest BCUT2D eigenvalue weighted by Crippen LogP contribution is 2.31. The molecule has 88 valence electrons. The molecule has 0 saturated heterocycles. The van der Waals surface area contributed by atoms with Gasteiger partial charge in [0.25, 0.3) is 0 Å². The van der Waals surface area contributed by atoms with Crippen molar-refractivity contribution in [3.05, 3.63) is 0 Å². The van der Waals surface area contributed by atoms with Gasteiger partial charge in [0.1, 0.15) is 6.61 Å². The Balaban J connectivity index is 2.00. The molecule has 0 radical (unpaired) electrons. The molecule has 0 aliphatic heterocycles. The van der Waals surface area contributed by atoms with Crippen LogP contribution in [0.5, 0.6) is 0 Å². The summed E-state index contributed by atoms with van der Waals surface area (Å²) in [4.78, 5) is 0. The zero-order valence-corrected chi connectivity index (χ0v) is 10.8. The summed E-state index contributed by atoms with van der Waals surface area (Å²) in [5, 5.41) is 0. The Morgan fingerprint density at radius 1 is 1.27 bits per heavy atom. The van der Waals surface area contributed by atoms with Crippen LogP contribution in [-0.2, 0) is 9.09 Å². The Morgan fingerprint density at radius 3 is 2.67 bits per heavy atom. The smallest absolute Gasteiger partial charge is 0.146 e. The maximum absolute atomic E-state index is 11.5. The molecule has 1 atom stereocenters. The molecule has 1 saturated carbocycles. The molecule has 1 aliphatic rings. The van der Waals surface area contributed by atoms with Crippen molar-refractivity contribution in [3.8, 4) is 0 Å². The van der Waals surface area contributed by atoms with Gasteiger partial charge in [-0.05, 0) is 23.3 Å². The standard InChI is InChI=1S/C12H24O2P/c1-2-3-10-14-15(13)11-9-12-7-5-4-6-8-12/h12H,2-11H2,1H3/q+1. The molecule has 0 amide bonds. The molecule has 0 spiro atoms. The summed E-state index contributed by atoms with van der Waals surface area (Å²) in [7, 11) is -1.37. The topological polar surface area (TPSA) is 26.3 Å². The van der Waals surface area contributed by atoms with Crippen molar-refractivity contribution < 1.29 is 9.09 Å². The van der Waals surface area contributed by atoms with Crippen molar-refractivity contribution >= 4 is 8.03 Å². The Hall–Kier alpha value is 0.0600. The number of rotatable bonds is 7. The molecule has 1 fully saturated rings. The van der Waals surface area contributed by atoms with Crippen molar-refractivity contribution in [2.75, 3.05) is 12.8 Å². The van der Waals surface area contributed by atoms with Gasteiger partial charge >= 0.3 is 8.03 Å². The zero-order valence-electron chi connectivity index (χ0n) is 9.91. The fourth-order valence-corrected chi connectivity index (χ4v) is 3.18. The van der Waals surface area contributed by atoms with Crippen molar-refractivity contribution in [2.45, 2.75) is 58.3 Å². The summed E-state index contributed by atoms with van der Waals surface area (Å²) in [6.45, 7) is 2.80. The highest BCUT2D eigenvalue weighted by molar-refractivity contribution is 7.39. The van der Waals surface area contributed by atoms with E-state index in [0.29, 0.717) is 6.61 Å². The summed E-state index contributed by atoms with van der Waals surface area (Å²) >= 11 is 0. The first-order valence-corrected chi connectivity index (χ1v) is 7.76. The van der Waals surface area contributed by atoms with Gasteiger partial charge in [0, 0.05) is 0 Å². The molecular formula is C12H24O2P+. The van der Waals surface area contributed by atoms with Gasteiger partial charge in [0.15, 0.2) is 6.16 Å². The van der Waals surface area contributed by atoms with Crippen LogP contribution in [-0.4, -0.2) is 12.8 Å².